The fourth-order valence-electron chi connectivity index (χ4n) is 2.41. The molecule has 9 nitrogen and oxygen atoms in total. The van der Waals surface area contributed by atoms with Crippen LogP contribution in [-0.2, 0) is 4.79 Å². The number of benzene rings is 2. The molecule has 2 aromatic rings. The summed E-state index contributed by atoms with van der Waals surface area (Å²) >= 11 is 0. The van der Waals surface area contributed by atoms with Crippen LogP contribution in [0.1, 0.15) is 5.56 Å². The number of hydrogen-bond acceptors (Lipinski definition) is 7. The number of anilines is 1. The number of ether oxygens (including phenoxy) is 2. The van der Waals surface area contributed by atoms with E-state index in [4.69, 9.17) is 9.47 Å². The summed E-state index contributed by atoms with van der Waals surface area (Å²) in [5.74, 6) is -0.149. The predicted octanol–water partition coefficient (Wildman–Crippen LogP) is 2.62. The van der Waals surface area contributed by atoms with Crippen LogP contribution in [-0.4, -0.2) is 29.2 Å². The molecule has 0 aliphatic carbocycles. The molecule has 9 heteroatoms. The van der Waals surface area contributed by atoms with Crippen LogP contribution in [0.15, 0.2) is 42.0 Å². The second-order valence-corrected chi connectivity index (χ2v) is 5.49. The number of carbonyl (C=O) groups excluding carboxylic acids is 1. The second-order valence-electron chi connectivity index (χ2n) is 5.49. The highest BCUT2D eigenvalue weighted by atomic mass is 16.6. The Labute approximate surface area is 153 Å². The molecule has 2 aromatic carbocycles. The monoisotopic (exact) mass is 367 g/mol. The van der Waals surface area contributed by atoms with Gasteiger partial charge in [-0.05, 0) is 29.8 Å². The summed E-state index contributed by atoms with van der Waals surface area (Å²) in [6, 6.07) is 10.1. The first-order chi connectivity index (χ1) is 13.0. The second kappa shape index (κ2) is 7.45. The van der Waals surface area contributed by atoms with Crippen LogP contribution < -0.4 is 14.8 Å². The van der Waals surface area contributed by atoms with Crippen LogP contribution in [0.2, 0.25) is 0 Å². The van der Waals surface area contributed by atoms with E-state index in [0.717, 1.165) is 12.1 Å². The largest absolute Gasteiger partial charge is 0.502 e. The Hall–Kier alpha value is -4.06. The van der Waals surface area contributed by atoms with Crippen molar-refractivity contribution in [3.8, 4) is 23.3 Å². The summed E-state index contributed by atoms with van der Waals surface area (Å²) in [6.45, 7) is 0.839. The Morgan fingerprint density at radius 1 is 1.22 bits per heavy atom. The zero-order chi connectivity index (χ0) is 19.4. The highest BCUT2D eigenvalue weighted by Crippen LogP contribution is 2.33. The highest BCUT2D eigenvalue weighted by Gasteiger charge is 2.16. The molecule has 0 saturated heterocycles. The van der Waals surface area contributed by atoms with E-state index in [0.29, 0.717) is 30.4 Å². The summed E-state index contributed by atoms with van der Waals surface area (Å²) in [5.41, 5.74) is -0.145. The third kappa shape index (κ3) is 3.96. The third-order valence-corrected chi connectivity index (χ3v) is 3.67. The molecule has 136 valence electrons. The van der Waals surface area contributed by atoms with E-state index in [2.05, 4.69) is 5.32 Å². The van der Waals surface area contributed by atoms with E-state index < -0.39 is 22.3 Å². The van der Waals surface area contributed by atoms with Crippen LogP contribution in [0.3, 0.4) is 0 Å². The van der Waals surface area contributed by atoms with Crippen LogP contribution in [0, 0.1) is 21.4 Å². The number of rotatable bonds is 4. The van der Waals surface area contributed by atoms with Gasteiger partial charge >= 0.3 is 5.69 Å². The van der Waals surface area contributed by atoms with Gasteiger partial charge in [0.1, 0.15) is 24.9 Å². The Balaban J connectivity index is 1.82. The van der Waals surface area contributed by atoms with Crippen molar-refractivity contribution in [2.45, 2.75) is 0 Å². The van der Waals surface area contributed by atoms with Crippen molar-refractivity contribution < 1.29 is 24.3 Å². The molecule has 1 aliphatic rings. The van der Waals surface area contributed by atoms with Crippen LogP contribution in [0.25, 0.3) is 6.08 Å². The number of nitro benzene ring substituents is 1. The van der Waals surface area contributed by atoms with Gasteiger partial charge in [0.05, 0.1) is 4.92 Å². The molecule has 3 rings (SSSR count). The fourth-order valence-corrected chi connectivity index (χ4v) is 2.41. The molecule has 1 amide bonds. The maximum Gasteiger partial charge on any atom is 0.311 e. The zero-order valence-corrected chi connectivity index (χ0v) is 13.8. The van der Waals surface area contributed by atoms with Crippen LogP contribution in [0.5, 0.6) is 17.2 Å². The number of phenolic OH excluding ortho intramolecular Hbond substituents is 1. The summed E-state index contributed by atoms with van der Waals surface area (Å²) in [7, 11) is 0. The van der Waals surface area contributed by atoms with Gasteiger partial charge in [0.15, 0.2) is 17.2 Å². The van der Waals surface area contributed by atoms with Gasteiger partial charge in [0.2, 0.25) is 0 Å². The average molecular weight is 367 g/mol. The van der Waals surface area contributed by atoms with Crippen molar-refractivity contribution in [3.63, 3.8) is 0 Å². The molecule has 0 bridgehead atoms. The van der Waals surface area contributed by atoms with Gasteiger partial charge in [-0.1, -0.05) is 6.07 Å². The van der Waals surface area contributed by atoms with Gasteiger partial charge in [-0.2, -0.15) is 5.26 Å². The smallest absolute Gasteiger partial charge is 0.311 e. The minimum absolute atomic E-state index is 0.230. The maximum atomic E-state index is 12.3. The van der Waals surface area contributed by atoms with E-state index in [1.54, 1.807) is 24.3 Å². The van der Waals surface area contributed by atoms with E-state index in [9.17, 15) is 25.3 Å². The van der Waals surface area contributed by atoms with Crippen LogP contribution >= 0.6 is 0 Å². The number of carbonyl (C=O) groups is 1. The standard InChI is InChI=1S/C18H13N3O6/c19-10-12(7-11-1-3-15(22)14(8-11)21(24)25)18(23)20-13-2-4-16-17(9-13)27-6-5-26-16/h1-4,7-9,22H,5-6H2,(H,20,23)/b12-7+. The molecule has 0 aromatic heterocycles. The number of aromatic hydroxyl groups is 1. The van der Waals surface area contributed by atoms with Crippen molar-refractivity contribution in [2.75, 3.05) is 18.5 Å². The normalized spacial score (nSPS) is 12.8. The molecule has 0 unspecified atom stereocenters. The van der Waals surface area contributed by atoms with Crippen molar-refractivity contribution in [1.82, 2.24) is 0 Å². The molecule has 1 heterocycles. The average Bonchev–Trinajstić information content (AvgIpc) is 2.66. The lowest BCUT2D eigenvalue weighted by atomic mass is 10.1. The lowest BCUT2D eigenvalue weighted by Gasteiger charge is -2.18. The molecule has 27 heavy (non-hydrogen) atoms. The van der Waals surface area contributed by atoms with Gasteiger partial charge in [-0.3, -0.25) is 14.9 Å². The number of phenols is 1. The lowest BCUT2D eigenvalue weighted by Crippen LogP contribution is -2.17. The summed E-state index contributed by atoms with van der Waals surface area (Å²) in [4.78, 5) is 22.5. The maximum absolute atomic E-state index is 12.3. The number of amides is 1. The van der Waals surface area contributed by atoms with Crippen molar-refractivity contribution >= 4 is 23.4 Å². The molecule has 0 atom stereocenters. The number of nitriles is 1. The molecule has 1 aliphatic heterocycles. The fraction of sp³-hybridized carbons (Fsp3) is 0.111. The Bertz CT molecular complexity index is 993. The first-order valence-electron chi connectivity index (χ1n) is 7.78. The van der Waals surface area contributed by atoms with E-state index in [1.807, 2.05) is 0 Å². The van der Waals surface area contributed by atoms with Gasteiger partial charge in [0, 0.05) is 17.8 Å². The minimum atomic E-state index is -0.756. The topological polar surface area (TPSA) is 135 Å². The van der Waals surface area contributed by atoms with Crippen molar-refractivity contribution in [3.05, 3.63) is 57.6 Å². The van der Waals surface area contributed by atoms with E-state index in [-0.39, 0.29) is 11.1 Å². The minimum Gasteiger partial charge on any atom is -0.502 e. The summed E-state index contributed by atoms with van der Waals surface area (Å²) < 4.78 is 10.8. The Morgan fingerprint density at radius 2 is 1.96 bits per heavy atom. The first kappa shape index (κ1) is 17.8. The molecular weight excluding hydrogens is 354 g/mol. The van der Waals surface area contributed by atoms with Crippen molar-refractivity contribution in [1.29, 1.82) is 5.26 Å². The Kier molecular flexibility index (Phi) is 4.90. The molecule has 2 N–H and O–H groups in total. The molecule has 0 spiro atoms. The molecule has 0 radical (unpaired) electrons. The summed E-state index contributed by atoms with van der Waals surface area (Å²) in [6.07, 6.45) is 1.19. The number of nitrogens with zero attached hydrogens (tertiary/aromatic N) is 2. The SMILES string of the molecule is N#C/C(=C\c1ccc(O)c([N+](=O)[O-])c1)C(=O)Nc1ccc2c(c1)OCCO2. The van der Waals surface area contributed by atoms with Crippen LogP contribution in [0.4, 0.5) is 11.4 Å². The zero-order valence-electron chi connectivity index (χ0n) is 13.8. The van der Waals surface area contributed by atoms with Gasteiger partial charge in [0.25, 0.3) is 5.91 Å². The first-order valence-corrected chi connectivity index (χ1v) is 7.78. The molecule has 0 saturated carbocycles. The highest BCUT2D eigenvalue weighted by molar-refractivity contribution is 6.09. The lowest BCUT2D eigenvalue weighted by molar-refractivity contribution is -0.385. The predicted molar refractivity (Wildman–Crippen MR) is 94.4 cm³/mol. The van der Waals surface area contributed by atoms with Gasteiger partial charge < -0.3 is 19.9 Å². The van der Waals surface area contributed by atoms with E-state index in [1.165, 1.54) is 12.1 Å². The van der Waals surface area contributed by atoms with Gasteiger partial charge in [-0.15, -0.1) is 0 Å². The van der Waals surface area contributed by atoms with E-state index >= 15 is 0 Å². The Morgan fingerprint density at radius 3 is 2.67 bits per heavy atom. The quantitative estimate of drug-likeness (QED) is 0.367. The molecular formula is C18H13N3O6. The van der Waals surface area contributed by atoms with Crippen molar-refractivity contribution in [2.24, 2.45) is 0 Å². The summed E-state index contributed by atoms with van der Waals surface area (Å²) in [5, 5.41) is 32.2. The van der Waals surface area contributed by atoms with Gasteiger partial charge in [-0.25, -0.2) is 0 Å². The number of fused-ring (bicyclic) bond motifs is 1. The number of hydrogen-bond donors (Lipinski definition) is 2. The number of nitro groups is 1. The third-order valence-electron chi connectivity index (χ3n) is 3.67. The molecule has 0 fully saturated rings. The number of nitrogens with one attached hydrogen (secondary N) is 1.